The number of hydrogen-bond donors (Lipinski definition) is 5. The third kappa shape index (κ3) is 5.82. The van der Waals surface area contributed by atoms with Crippen molar-refractivity contribution in [2.24, 2.45) is 0 Å². The molecule has 5 N–H and O–H groups in total. The maximum absolute atomic E-state index is 12.6. The number of aliphatic carboxylic acids is 2. The van der Waals surface area contributed by atoms with Crippen LogP contribution in [0.1, 0.15) is 23.4 Å². The van der Waals surface area contributed by atoms with Gasteiger partial charge in [-0.05, 0) is 54.8 Å². The summed E-state index contributed by atoms with van der Waals surface area (Å²) in [5.41, 5.74) is 6.57. The molecule has 0 saturated carbocycles. The van der Waals surface area contributed by atoms with Crippen LogP contribution in [-0.4, -0.2) is 51.1 Å². The number of carbonyl (C=O) groups is 3. The lowest BCUT2D eigenvalue weighted by molar-refractivity contribution is -0.159. The molecule has 0 aliphatic heterocycles. The Balaban J connectivity index is 0.000000431. The lowest BCUT2D eigenvalue weighted by Gasteiger charge is -2.14. The van der Waals surface area contributed by atoms with Crippen LogP contribution in [0.5, 0.6) is 0 Å². The molecule has 1 aliphatic carbocycles. The van der Waals surface area contributed by atoms with Gasteiger partial charge >= 0.3 is 11.9 Å². The Morgan fingerprint density at radius 2 is 1.71 bits per heavy atom. The Bertz CT molecular complexity index is 1350. The van der Waals surface area contributed by atoms with Gasteiger partial charge in [0.15, 0.2) is 0 Å². The van der Waals surface area contributed by atoms with E-state index < -0.39 is 11.9 Å². The summed E-state index contributed by atoms with van der Waals surface area (Å²) in [7, 11) is 0. The van der Waals surface area contributed by atoms with Crippen LogP contribution >= 0.6 is 0 Å². The van der Waals surface area contributed by atoms with Crippen LogP contribution in [0.2, 0.25) is 0 Å². The smallest absolute Gasteiger partial charge is 0.414 e. The van der Waals surface area contributed by atoms with Gasteiger partial charge in [-0.25, -0.2) is 9.59 Å². The molecule has 0 radical (unpaired) electrons. The molecule has 0 bridgehead atoms. The second-order valence-electron chi connectivity index (χ2n) is 8.25. The number of hydrogen-bond acceptors (Lipinski definition) is 5. The zero-order valence-corrected chi connectivity index (χ0v) is 19.0. The minimum absolute atomic E-state index is 0.00731. The van der Waals surface area contributed by atoms with Crippen LogP contribution in [0.3, 0.4) is 0 Å². The number of nitrogens with zero attached hydrogens (tertiary/aromatic N) is 1. The molecule has 4 aromatic rings. The zero-order valence-electron chi connectivity index (χ0n) is 19.0. The summed E-state index contributed by atoms with van der Waals surface area (Å²) in [6.45, 7) is 1.04. The predicted octanol–water partition coefficient (Wildman–Crippen LogP) is 3.13. The van der Waals surface area contributed by atoms with Crippen LogP contribution in [0.15, 0.2) is 54.6 Å². The number of carboxylic acids is 2. The molecule has 0 spiro atoms. The van der Waals surface area contributed by atoms with Crippen LogP contribution in [0.4, 0.5) is 5.69 Å². The Hall–Kier alpha value is -4.24. The van der Waals surface area contributed by atoms with E-state index >= 15 is 0 Å². The second-order valence-corrected chi connectivity index (χ2v) is 8.25. The van der Waals surface area contributed by atoms with Crippen molar-refractivity contribution in [1.29, 1.82) is 0 Å². The molecule has 180 valence electrons. The van der Waals surface area contributed by atoms with Gasteiger partial charge in [-0.2, -0.15) is 0 Å². The Morgan fingerprint density at radius 3 is 2.49 bits per heavy atom. The number of fused-ring (bicyclic) bond motifs is 3. The second kappa shape index (κ2) is 10.8. The number of benzene rings is 2. The van der Waals surface area contributed by atoms with E-state index in [1.807, 2.05) is 36.4 Å². The standard InChI is InChI=1S/C24H24N4O.C2H2O4/c29-23(15-25-13-12-17-14-16-6-1-3-9-20(16)26-17)28-24-18-7-2-4-10-21(18)27-22-11-5-8-19(22)24;3-1(4)2(5)6/h1-4,6-7,9-10,14,25-26H,5,8,11-13,15H2,(H,27,28,29);(H,3,4)(H,5,6). The number of nitrogens with one attached hydrogen (secondary N) is 3. The lowest BCUT2D eigenvalue weighted by Crippen LogP contribution is -2.30. The van der Waals surface area contributed by atoms with Crippen molar-refractivity contribution in [2.45, 2.75) is 25.7 Å². The number of amides is 1. The molecule has 35 heavy (non-hydrogen) atoms. The number of para-hydroxylation sites is 2. The number of aromatic amines is 1. The maximum atomic E-state index is 12.6. The van der Waals surface area contributed by atoms with Gasteiger partial charge in [-0.1, -0.05) is 36.4 Å². The van der Waals surface area contributed by atoms with E-state index in [1.54, 1.807) is 0 Å². The van der Waals surface area contributed by atoms with Crippen molar-refractivity contribution in [2.75, 3.05) is 18.4 Å². The molecular weight excluding hydrogens is 448 g/mol. The van der Waals surface area contributed by atoms with E-state index in [2.05, 4.69) is 33.8 Å². The first-order valence-corrected chi connectivity index (χ1v) is 11.4. The van der Waals surface area contributed by atoms with E-state index in [0.29, 0.717) is 6.54 Å². The Morgan fingerprint density at radius 1 is 0.971 bits per heavy atom. The van der Waals surface area contributed by atoms with Crippen molar-refractivity contribution in [3.63, 3.8) is 0 Å². The summed E-state index contributed by atoms with van der Waals surface area (Å²) in [6.07, 6.45) is 3.93. The largest absolute Gasteiger partial charge is 0.473 e. The summed E-state index contributed by atoms with van der Waals surface area (Å²) >= 11 is 0. The van der Waals surface area contributed by atoms with Gasteiger partial charge in [0.2, 0.25) is 5.91 Å². The zero-order chi connectivity index (χ0) is 24.8. The molecule has 2 heterocycles. The van der Waals surface area contributed by atoms with Crippen molar-refractivity contribution in [3.05, 3.63) is 71.5 Å². The average Bonchev–Trinajstić information content (AvgIpc) is 3.48. The van der Waals surface area contributed by atoms with E-state index in [1.165, 1.54) is 16.6 Å². The number of rotatable bonds is 6. The van der Waals surface area contributed by atoms with Crippen LogP contribution in [-0.2, 0) is 33.6 Å². The van der Waals surface area contributed by atoms with Gasteiger partial charge in [0, 0.05) is 28.8 Å². The quantitative estimate of drug-likeness (QED) is 0.213. The fourth-order valence-corrected chi connectivity index (χ4v) is 4.23. The first-order valence-electron chi connectivity index (χ1n) is 11.4. The molecule has 0 unspecified atom stereocenters. The highest BCUT2D eigenvalue weighted by atomic mass is 16.4. The highest BCUT2D eigenvalue weighted by molar-refractivity contribution is 6.27. The Labute approximate surface area is 201 Å². The molecular formula is C26H26N4O5. The minimum atomic E-state index is -1.82. The Kier molecular flexibility index (Phi) is 7.37. The van der Waals surface area contributed by atoms with E-state index in [0.717, 1.165) is 60.0 Å². The van der Waals surface area contributed by atoms with Crippen LogP contribution in [0, 0.1) is 0 Å². The molecule has 0 atom stereocenters. The molecule has 2 aromatic heterocycles. The van der Waals surface area contributed by atoms with Crippen molar-refractivity contribution < 1.29 is 24.6 Å². The highest BCUT2D eigenvalue weighted by Crippen LogP contribution is 2.33. The van der Waals surface area contributed by atoms with E-state index in [4.69, 9.17) is 24.8 Å². The molecule has 9 heteroatoms. The first kappa shape index (κ1) is 23.9. The maximum Gasteiger partial charge on any atom is 0.414 e. The first-order chi connectivity index (χ1) is 16.9. The third-order valence-electron chi connectivity index (χ3n) is 5.81. The van der Waals surface area contributed by atoms with Gasteiger partial charge in [-0.15, -0.1) is 0 Å². The summed E-state index contributed by atoms with van der Waals surface area (Å²) in [5, 5.41) is 23.5. The van der Waals surface area contributed by atoms with E-state index in [9.17, 15) is 4.79 Å². The van der Waals surface area contributed by atoms with Crippen LogP contribution < -0.4 is 10.6 Å². The predicted molar refractivity (Wildman–Crippen MR) is 133 cm³/mol. The summed E-state index contributed by atoms with van der Waals surface area (Å²) in [4.78, 5) is 39.0. The van der Waals surface area contributed by atoms with Crippen molar-refractivity contribution >= 4 is 45.3 Å². The number of pyridine rings is 1. The summed E-state index contributed by atoms with van der Waals surface area (Å²) in [5.74, 6) is -3.66. The third-order valence-corrected chi connectivity index (χ3v) is 5.81. The number of aryl methyl sites for hydroxylation is 1. The highest BCUT2D eigenvalue weighted by Gasteiger charge is 2.20. The molecule has 0 saturated heterocycles. The lowest BCUT2D eigenvalue weighted by atomic mass is 10.1. The number of H-pyrrole nitrogens is 1. The fourth-order valence-electron chi connectivity index (χ4n) is 4.23. The monoisotopic (exact) mass is 474 g/mol. The SMILES string of the molecule is O=C(CNCCc1cc2ccccc2[nH]1)Nc1c2c(nc3ccccc13)CCC2.O=C(O)C(=O)O. The van der Waals surface area contributed by atoms with Gasteiger partial charge in [0.1, 0.15) is 0 Å². The van der Waals surface area contributed by atoms with Gasteiger partial charge < -0.3 is 25.8 Å². The van der Waals surface area contributed by atoms with Crippen molar-refractivity contribution in [1.82, 2.24) is 15.3 Å². The fraction of sp³-hybridized carbons (Fsp3) is 0.231. The molecule has 9 nitrogen and oxygen atoms in total. The molecule has 2 aromatic carbocycles. The summed E-state index contributed by atoms with van der Waals surface area (Å²) in [6, 6.07) is 18.5. The van der Waals surface area contributed by atoms with Crippen LogP contribution in [0.25, 0.3) is 21.8 Å². The molecule has 0 fully saturated rings. The molecule has 1 amide bonds. The molecule has 5 rings (SSSR count). The normalized spacial score (nSPS) is 12.1. The average molecular weight is 475 g/mol. The number of anilines is 1. The van der Waals surface area contributed by atoms with Gasteiger partial charge in [0.25, 0.3) is 0 Å². The van der Waals surface area contributed by atoms with Crippen molar-refractivity contribution in [3.8, 4) is 0 Å². The summed E-state index contributed by atoms with van der Waals surface area (Å²) < 4.78 is 0. The van der Waals surface area contributed by atoms with E-state index in [-0.39, 0.29) is 5.91 Å². The molecule has 1 aliphatic rings. The number of carboxylic acid groups (broad SMARTS) is 2. The number of aromatic nitrogens is 2. The topological polar surface area (TPSA) is 144 Å². The van der Waals surface area contributed by atoms with Gasteiger partial charge in [0.05, 0.1) is 17.7 Å². The number of carbonyl (C=O) groups excluding carboxylic acids is 1. The minimum Gasteiger partial charge on any atom is -0.473 e. The van der Waals surface area contributed by atoms with Gasteiger partial charge in [-0.3, -0.25) is 9.78 Å².